The summed E-state index contributed by atoms with van der Waals surface area (Å²) in [6.45, 7) is 1.65. The second-order valence-corrected chi connectivity index (χ2v) is 8.71. The van der Waals surface area contributed by atoms with Gasteiger partial charge < -0.3 is 4.74 Å². The molecule has 0 saturated heterocycles. The van der Waals surface area contributed by atoms with Crippen molar-refractivity contribution in [3.05, 3.63) is 59.5 Å². The van der Waals surface area contributed by atoms with E-state index in [1.54, 1.807) is 31.3 Å². The van der Waals surface area contributed by atoms with Crippen LogP contribution in [0.25, 0.3) is 22.0 Å². The monoisotopic (exact) mass is 432 g/mol. The van der Waals surface area contributed by atoms with Crippen LogP contribution in [0.15, 0.2) is 53.0 Å². The number of nitrogens with one attached hydrogen (secondary N) is 1. The van der Waals surface area contributed by atoms with Crippen molar-refractivity contribution in [2.75, 3.05) is 11.8 Å². The lowest BCUT2D eigenvalue weighted by molar-refractivity contribution is 0.415. The van der Waals surface area contributed by atoms with Gasteiger partial charge in [0.25, 0.3) is 10.0 Å². The first-order chi connectivity index (χ1) is 13.9. The minimum atomic E-state index is -3.82. The number of pyridine rings is 1. The highest BCUT2D eigenvalue weighted by Crippen LogP contribution is 2.35. The Balaban J connectivity index is 0.00000256. The first kappa shape index (κ1) is 19.2. The van der Waals surface area contributed by atoms with Gasteiger partial charge in [-0.15, -0.1) is 10.2 Å². The summed E-state index contributed by atoms with van der Waals surface area (Å²) >= 11 is 1.08. The number of ether oxygens (including phenoxy) is 1. The molecule has 2 aromatic heterocycles. The summed E-state index contributed by atoms with van der Waals surface area (Å²) in [7, 11) is -2.32. The Morgan fingerprint density at radius 1 is 1.21 bits per heavy atom. The summed E-state index contributed by atoms with van der Waals surface area (Å²) in [5.74, 6) is 0.110. The highest BCUT2D eigenvalue weighted by Gasteiger charge is 2.19. The van der Waals surface area contributed by atoms with Crippen LogP contribution in [0, 0.1) is 12.7 Å². The number of methoxy groups -OCH3 is 1. The summed E-state index contributed by atoms with van der Waals surface area (Å²) in [5.41, 5.74) is 2.88. The van der Waals surface area contributed by atoms with Crippen LogP contribution in [-0.4, -0.2) is 30.7 Å². The number of anilines is 1. The highest BCUT2D eigenvalue weighted by atomic mass is 32.2. The molecule has 2 aromatic carbocycles. The third kappa shape index (κ3) is 3.64. The van der Waals surface area contributed by atoms with Gasteiger partial charge in [-0.1, -0.05) is 17.4 Å². The molecule has 4 rings (SSSR count). The van der Waals surface area contributed by atoms with E-state index in [0.29, 0.717) is 33.3 Å². The Morgan fingerprint density at radius 2 is 2.03 bits per heavy atom. The number of hydrogen-bond acceptors (Lipinski definition) is 7. The van der Waals surface area contributed by atoms with Crippen LogP contribution in [0.1, 0.15) is 6.99 Å². The molecular weight excluding hydrogens is 415 g/mol. The zero-order valence-corrected chi connectivity index (χ0v) is 17.0. The minimum Gasteiger partial charge on any atom is -0.496 e. The molecule has 0 radical (unpaired) electrons. The third-order valence-electron chi connectivity index (χ3n) is 4.36. The van der Waals surface area contributed by atoms with Crippen molar-refractivity contribution in [1.82, 2.24) is 15.2 Å². The molecule has 1 N–H and O–H groups in total. The number of fused-ring (bicyclic) bond motifs is 1. The van der Waals surface area contributed by atoms with Crippen LogP contribution >= 0.6 is 11.3 Å². The maximum atomic E-state index is 14.2. The molecule has 0 bridgehead atoms. The van der Waals surface area contributed by atoms with Crippen molar-refractivity contribution in [2.45, 2.75) is 11.8 Å². The van der Waals surface area contributed by atoms with E-state index < -0.39 is 10.0 Å². The van der Waals surface area contributed by atoms with E-state index in [0.717, 1.165) is 11.3 Å². The molecule has 0 aliphatic heterocycles. The highest BCUT2D eigenvalue weighted by molar-refractivity contribution is 7.93. The second-order valence-electron chi connectivity index (χ2n) is 6.19. The minimum absolute atomic E-state index is 0. The SMILES string of the molecule is COc1cc(C)c(F)cc1-c1nccc2cc(S(=O)(=O)Nc3nncs3)ccc12.[HH]. The van der Waals surface area contributed by atoms with Crippen LogP contribution in [0.2, 0.25) is 0 Å². The standard InChI is InChI=1S/C19H15FN4O3S2.H2/c1-11-7-17(27-2)15(9-16(11)20)18-14-4-3-13(8-12(14)5-6-21-18)29(25,26)24-19-23-22-10-28-19;/h3-10H,1-2H3,(H,23,24);1H. The summed E-state index contributed by atoms with van der Waals surface area (Å²) in [6, 6.07) is 9.31. The molecule has 10 heteroatoms. The molecule has 7 nitrogen and oxygen atoms in total. The van der Waals surface area contributed by atoms with E-state index in [-0.39, 0.29) is 17.3 Å². The summed E-state index contributed by atoms with van der Waals surface area (Å²) in [6.07, 6.45) is 1.55. The van der Waals surface area contributed by atoms with Crippen LogP contribution in [-0.2, 0) is 10.0 Å². The molecule has 0 amide bonds. The average molecular weight is 433 g/mol. The Labute approximate surface area is 171 Å². The number of benzene rings is 2. The smallest absolute Gasteiger partial charge is 0.263 e. The third-order valence-corrected chi connectivity index (χ3v) is 6.44. The van der Waals surface area contributed by atoms with Crippen LogP contribution in [0.4, 0.5) is 9.52 Å². The Morgan fingerprint density at radius 3 is 2.76 bits per heavy atom. The van der Waals surface area contributed by atoms with Crippen molar-refractivity contribution in [3.63, 3.8) is 0 Å². The van der Waals surface area contributed by atoms with Gasteiger partial charge in [0.1, 0.15) is 17.1 Å². The first-order valence-electron chi connectivity index (χ1n) is 8.41. The molecule has 2 heterocycles. The second kappa shape index (κ2) is 7.37. The number of nitrogens with zero attached hydrogens (tertiary/aromatic N) is 3. The van der Waals surface area contributed by atoms with Gasteiger partial charge in [-0.2, -0.15) is 0 Å². The maximum Gasteiger partial charge on any atom is 0.263 e. The van der Waals surface area contributed by atoms with Crippen LogP contribution in [0.5, 0.6) is 5.75 Å². The van der Waals surface area contributed by atoms with E-state index in [2.05, 4.69) is 19.9 Å². The number of rotatable bonds is 5. The Bertz CT molecular complexity index is 1320. The van der Waals surface area contributed by atoms with Gasteiger partial charge in [-0.25, -0.2) is 12.8 Å². The number of sulfonamides is 1. The lowest BCUT2D eigenvalue weighted by Gasteiger charge is -2.13. The number of aromatic nitrogens is 3. The lowest BCUT2D eigenvalue weighted by atomic mass is 10.0. The van der Waals surface area contributed by atoms with Crippen molar-refractivity contribution in [1.29, 1.82) is 0 Å². The summed E-state index contributed by atoms with van der Waals surface area (Å²) < 4.78 is 47.2. The quantitative estimate of drug-likeness (QED) is 0.507. The largest absolute Gasteiger partial charge is 0.496 e. The fourth-order valence-corrected chi connectivity index (χ4v) is 4.67. The molecule has 0 aliphatic carbocycles. The van der Waals surface area contributed by atoms with E-state index in [1.165, 1.54) is 30.8 Å². The molecule has 0 saturated carbocycles. The number of hydrogen-bond donors (Lipinski definition) is 1. The van der Waals surface area contributed by atoms with E-state index in [9.17, 15) is 12.8 Å². The van der Waals surface area contributed by atoms with Gasteiger partial charge in [-0.3, -0.25) is 9.71 Å². The van der Waals surface area contributed by atoms with Crippen LogP contribution < -0.4 is 9.46 Å². The van der Waals surface area contributed by atoms with Gasteiger partial charge in [-0.05, 0) is 48.2 Å². The normalized spacial score (nSPS) is 11.6. The van der Waals surface area contributed by atoms with Gasteiger partial charge in [0.2, 0.25) is 5.13 Å². The molecule has 29 heavy (non-hydrogen) atoms. The molecule has 0 spiro atoms. The van der Waals surface area contributed by atoms with Crippen LogP contribution in [0.3, 0.4) is 0 Å². The van der Waals surface area contributed by atoms with Gasteiger partial charge >= 0.3 is 0 Å². The molecule has 0 atom stereocenters. The summed E-state index contributed by atoms with van der Waals surface area (Å²) in [4.78, 5) is 4.45. The fourth-order valence-electron chi connectivity index (χ4n) is 2.94. The van der Waals surface area contributed by atoms with Crippen molar-refractivity contribution < 1.29 is 19.0 Å². The average Bonchev–Trinajstić information content (AvgIpc) is 3.21. The maximum absolute atomic E-state index is 14.2. The Hall–Kier alpha value is -3.11. The molecule has 0 aliphatic rings. The first-order valence-corrected chi connectivity index (χ1v) is 10.8. The van der Waals surface area contributed by atoms with E-state index in [4.69, 9.17) is 4.74 Å². The Kier molecular flexibility index (Phi) is 4.89. The zero-order valence-electron chi connectivity index (χ0n) is 15.4. The van der Waals surface area contributed by atoms with Gasteiger partial charge in [0, 0.05) is 18.6 Å². The van der Waals surface area contributed by atoms with Gasteiger partial charge in [0.15, 0.2) is 0 Å². The zero-order chi connectivity index (χ0) is 20.6. The fraction of sp³-hybridized carbons (Fsp3) is 0.105. The number of aryl methyl sites for hydroxylation is 1. The predicted octanol–water partition coefficient (Wildman–Crippen LogP) is 4.26. The number of halogens is 1. The molecule has 150 valence electrons. The van der Waals surface area contributed by atoms with Crippen molar-refractivity contribution >= 4 is 37.3 Å². The van der Waals surface area contributed by atoms with E-state index in [1.807, 2.05) is 0 Å². The molecule has 4 aromatic rings. The van der Waals surface area contributed by atoms with Crippen molar-refractivity contribution in [3.8, 4) is 17.0 Å². The predicted molar refractivity (Wildman–Crippen MR) is 111 cm³/mol. The van der Waals surface area contributed by atoms with E-state index >= 15 is 0 Å². The molecule has 0 unspecified atom stereocenters. The van der Waals surface area contributed by atoms with Crippen molar-refractivity contribution in [2.24, 2.45) is 0 Å². The van der Waals surface area contributed by atoms with Gasteiger partial charge in [0.05, 0.1) is 17.7 Å². The molecular formula is C19H17FN4O3S2. The topological polar surface area (TPSA) is 94.1 Å². The summed E-state index contributed by atoms with van der Waals surface area (Å²) in [5, 5.41) is 8.80. The lowest BCUT2D eigenvalue weighted by Crippen LogP contribution is -2.12. The molecule has 0 fully saturated rings.